The Morgan fingerprint density at radius 2 is 1.33 bits per heavy atom. The third kappa shape index (κ3) is 6.69. The molecule has 2 heterocycles. The van der Waals surface area contributed by atoms with Crippen LogP contribution in [-0.4, -0.2) is 43.5 Å². The van der Waals surface area contributed by atoms with Crippen molar-refractivity contribution in [3.63, 3.8) is 0 Å². The second kappa shape index (κ2) is 14.0. The zero-order chi connectivity index (χ0) is 36.5. The van der Waals surface area contributed by atoms with Gasteiger partial charge in [0.2, 0.25) is 9.84 Å². The van der Waals surface area contributed by atoms with Gasteiger partial charge in [0, 0.05) is 34.1 Å². The zero-order valence-electron chi connectivity index (χ0n) is 29.1. The monoisotopic (exact) mass is 715 g/mol. The number of hydrogen-bond donors (Lipinski definition) is 2. The number of esters is 2. The molecule has 0 aliphatic heterocycles. The number of ether oxygens (including phenoxy) is 2. The average molecular weight is 716 g/mol. The van der Waals surface area contributed by atoms with Crippen LogP contribution in [0, 0.1) is 28.1 Å². The summed E-state index contributed by atoms with van der Waals surface area (Å²) in [4.78, 5) is 33.7. The fraction of sp³-hybridized carbons (Fsp3) is 0.310. The van der Waals surface area contributed by atoms with E-state index < -0.39 is 27.2 Å². The van der Waals surface area contributed by atoms with Gasteiger partial charge in [0.15, 0.2) is 0 Å². The van der Waals surface area contributed by atoms with Gasteiger partial charge in [-0.25, -0.2) is 18.0 Å². The predicted octanol–water partition coefficient (Wildman–Crippen LogP) is 8.84. The molecule has 9 nitrogen and oxygen atoms in total. The van der Waals surface area contributed by atoms with Crippen LogP contribution in [0.2, 0.25) is 0 Å². The Labute approximate surface area is 303 Å². The molecule has 0 radical (unpaired) electrons. The van der Waals surface area contributed by atoms with Gasteiger partial charge in [0.1, 0.15) is 24.6 Å². The number of rotatable bonds is 9. The normalized spacial score (nSPS) is 18.8. The van der Waals surface area contributed by atoms with Crippen LogP contribution in [0.4, 0.5) is 0 Å². The Morgan fingerprint density at radius 1 is 0.827 bits per heavy atom. The van der Waals surface area contributed by atoms with Crippen LogP contribution in [-0.2, 0) is 19.3 Å². The number of fused-ring (bicyclic) bond motifs is 2. The quantitative estimate of drug-likeness (QED) is 0.145. The Morgan fingerprint density at radius 3 is 1.85 bits per heavy atom. The molecule has 3 aromatic carbocycles. The van der Waals surface area contributed by atoms with E-state index in [0.29, 0.717) is 16.9 Å². The molecule has 0 amide bonds. The van der Waals surface area contributed by atoms with Gasteiger partial charge in [-0.15, -0.1) is 0 Å². The highest BCUT2D eigenvalue weighted by atomic mass is 32.2. The summed E-state index contributed by atoms with van der Waals surface area (Å²) in [5.74, 6) is -1.02. The summed E-state index contributed by atoms with van der Waals surface area (Å²) in [5.41, 5.74) is 2.76. The third-order valence-electron chi connectivity index (χ3n) is 10.8. The Hall–Kier alpha value is -5.40. The fourth-order valence-electron chi connectivity index (χ4n) is 8.26. The standard InChI is InChI=1S/C40H38N2O6S.C2H3N/c1-26-21-39(24-47-37(43)33-19-27-11-5-7-15-31(27)41-33,25-48-38(44)34-20-28-12-6-8-16-32(28)42-34)23-35(49(45,46)29-13-3-2-4-14-29)36(26)30-22-40(30)17-9-10-18-40;1-2-3/h2-8,11-16,19-20,30,41-42H,1,9-10,17-18,21-25H2;1H3/t30-;/m0./s1. The lowest BCUT2D eigenvalue weighted by Gasteiger charge is -2.39. The Balaban J connectivity index is 0.00000136. The van der Waals surface area contributed by atoms with E-state index in [4.69, 9.17) is 14.7 Å². The van der Waals surface area contributed by atoms with Crippen molar-refractivity contribution in [2.75, 3.05) is 13.2 Å². The number of allylic oxidation sites excluding steroid dienone is 3. The minimum Gasteiger partial charge on any atom is -0.460 e. The van der Waals surface area contributed by atoms with Gasteiger partial charge in [-0.2, -0.15) is 5.26 Å². The minimum absolute atomic E-state index is 0.0468. The summed E-state index contributed by atoms with van der Waals surface area (Å²) < 4.78 is 41.1. The van der Waals surface area contributed by atoms with Crippen LogP contribution in [0.1, 0.15) is 72.8 Å². The number of carbonyl (C=O) groups excluding carboxylic acids is 2. The molecule has 8 rings (SSSR count). The van der Waals surface area contributed by atoms with Crippen LogP contribution in [0.25, 0.3) is 21.8 Å². The molecule has 0 unspecified atom stereocenters. The molecule has 2 aromatic heterocycles. The van der Waals surface area contributed by atoms with E-state index >= 15 is 0 Å². The van der Waals surface area contributed by atoms with Gasteiger partial charge in [-0.1, -0.05) is 74.0 Å². The van der Waals surface area contributed by atoms with Crippen molar-refractivity contribution in [2.24, 2.45) is 16.7 Å². The lowest BCUT2D eigenvalue weighted by molar-refractivity contribution is -0.00670. The van der Waals surface area contributed by atoms with E-state index in [-0.39, 0.29) is 47.3 Å². The van der Waals surface area contributed by atoms with Crippen LogP contribution in [0.3, 0.4) is 0 Å². The number of aromatic nitrogens is 2. The summed E-state index contributed by atoms with van der Waals surface area (Å²) in [6, 6.07) is 28.8. The molecule has 2 fully saturated rings. The number of nitrogens with zero attached hydrogens (tertiary/aromatic N) is 1. The maximum Gasteiger partial charge on any atom is 0.354 e. The van der Waals surface area contributed by atoms with Crippen molar-refractivity contribution in [2.45, 2.75) is 56.8 Å². The van der Waals surface area contributed by atoms with Crippen molar-refractivity contribution >= 4 is 43.6 Å². The van der Waals surface area contributed by atoms with E-state index in [0.717, 1.165) is 59.5 Å². The maximum absolute atomic E-state index is 14.6. The van der Waals surface area contributed by atoms with Crippen LogP contribution >= 0.6 is 0 Å². The van der Waals surface area contributed by atoms with Crippen LogP contribution in [0.15, 0.2) is 119 Å². The molecule has 1 spiro atoms. The second-order valence-corrected chi connectivity index (χ2v) is 16.3. The first-order valence-corrected chi connectivity index (χ1v) is 19.1. The summed E-state index contributed by atoms with van der Waals surface area (Å²) in [7, 11) is -3.96. The van der Waals surface area contributed by atoms with Gasteiger partial charge in [0.25, 0.3) is 0 Å². The van der Waals surface area contributed by atoms with Crippen molar-refractivity contribution in [3.8, 4) is 6.07 Å². The number of sulfone groups is 1. The highest BCUT2D eigenvalue weighted by Gasteiger charge is 2.59. The molecule has 0 saturated heterocycles. The molecule has 1 atom stereocenters. The number of aromatic amines is 2. The minimum atomic E-state index is -3.96. The molecule has 266 valence electrons. The topological polar surface area (TPSA) is 142 Å². The molecular weight excluding hydrogens is 675 g/mol. The van der Waals surface area contributed by atoms with E-state index in [2.05, 4.69) is 16.5 Å². The number of carbonyl (C=O) groups is 2. The van der Waals surface area contributed by atoms with Crippen LogP contribution < -0.4 is 0 Å². The second-order valence-electron chi connectivity index (χ2n) is 14.4. The van der Waals surface area contributed by atoms with E-state index in [9.17, 15) is 18.0 Å². The van der Waals surface area contributed by atoms with Gasteiger partial charge in [0.05, 0.1) is 15.9 Å². The van der Waals surface area contributed by atoms with Crippen molar-refractivity contribution < 1.29 is 27.5 Å². The average Bonchev–Trinajstić information content (AvgIpc) is 3.55. The number of para-hydroxylation sites is 2. The van der Waals surface area contributed by atoms with E-state index in [1.165, 1.54) is 6.92 Å². The molecule has 52 heavy (non-hydrogen) atoms. The number of benzene rings is 3. The van der Waals surface area contributed by atoms with Crippen molar-refractivity contribution in [3.05, 3.63) is 125 Å². The first kappa shape index (κ1) is 35.0. The molecule has 3 aliphatic rings. The lowest BCUT2D eigenvalue weighted by Crippen LogP contribution is -2.39. The van der Waals surface area contributed by atoms with Gasteiger partial charge < -0.3 is 19.4 Å². The summed E-state index contributed by atoms with van der Waals surface area (Å²) in [6.07, 6.45) is 5.79. The molecule has 2 saturated carbocycles. The predicted molar refractivity (Wildman–Crippen MR) is 199 cm³/mol. The summed E-state index contributed by atoms with van der Waals surface area (Å²) in [6.45, 7) is 5.57. The first-order chi connectivity index (χ1) is 25.1. The van der Waals surface area contributed by atoms with Gasteiger partial charge >= 0.3 is 11.9 Å². The maximum atomic E-state index is 14.6. The smallest absolute Gasteiger partial charge is 0.354 e. The number of nitrogens with one attached hydrogen (secondary N) is 2. The molecule has 3 aliphatic carbocycles. The highest BCUT2D eigenvalue weighted by molar-refractivity contribution is 7.95. The Kier molecular flexibility index (Phi) is 9.40. The van der Waals surface area contributed by atoms with Crippen LogP contribution in [0.5, 0.6) is 0 Å². The molecule has 2 N–H and O–H groups in total. The van der Waals surface area contributed by atoms with Gasteiger partial charge in [-0.3, -0.25) is 0 Å². The Bertz CT molecular complexity index is 2200. The number of H-pyrrole nitrogens is 2. The van der Waals surface area contributed by atoms with E-state index in [1.807, 2.05) is 48.5 Å². The van der Waals surface area contributed by atoms with Crippen molar-refractivity contribution in [1.29, 1.82) is 5.26 Å². The molecule has 10 heteroatoms. The summed E-state index contributed by atoms with van der Waals surface area (Å²) >= 11 is 0. The largest absolute Gasteiger partial charge is 0.460 e. The molecule has 0 bridgehead atoms. The SMILES string of the molecule is C=C1CC(COC(=O)c2cc3ccccc3[nH]2)(COC(=O)c2cc3ccccc3[nH]2)CC(S(=O)(=O)c2ccccc2)=C1[C@@H]1CC12CCCC2.CC#N. The van der Waals surface area contributed by atoms with Gasteiger partial charge in [-0.05, 0) is 91.0 Å². The molecule has 5 aromatic rings. The van der Waals surface area contributed by atoms with Crippen molar-refractivity contribution in [1.82, 2.24) is 9.97 Å². The number of hydrogen-bond acceptors (Lipinski definition) is 7. The molecular formula is C42H41N3O6S. The first-order valence-electron chi connectivity index (χ1n) is 17.6. The fourth-order valence-corrected chi connectivity index (χ4v) is 10.1. The lowest BCUT2D eigenvalue weighted by atomic mass is 9.72. The summed E-state index contributed by atoms with van der Waals surface area (Å²) in [5, 5.41) is 9.06. The third-order valence-corrected chi connectivity index (χ3v) is 12.7. The van der Waals surface area contributed by atoms with E-state index in [1.54, 1.807) is 48.5 Å². The number of nitriles is 1. The zero-order valence-corrected chi connectivity index (χ0v) is 29.9. The highest BCUT2D eigenvalue weighted by Crippen LogP contribution is 2.68.